The maximum absolute atomic E-state index is 13.0. The Morgan fingerprint density at radius 3 is 2.26 bits per heavy atom. The highest BCUT2D eigenvalue weighted by Crippen LogP contribution is 2.30. The predicted molar refractivity (Wildman–Crippen MR) is 92.6 cm³/mol. The summed E-state index contributed by atoms with van der Waals surface area (Å²) in [6.45, 7) is 3.20. The first-order valence-electron chi connectivity index (χ1n) is 6.80. The summed E-state index contributed by atoms with van der Waals surface area (Å²) in [5.41, 5.74) is 1.03. The lowest BCUT2D eigenvalue weighted by Gasteiger charge is -2.28. The van der Waals surface area contributed by atoms with Crippen molar-refractivity contribution in [3.05, 3.63) is 59.1 Å². The molecule has 0 spiro atoms. The van der Waals surface area contributed by atoms with Gasteiger partial charge in [-0.05, 0) is 61.3 Å². The van der Waals surface area contributed by atoms with Crippen molar-refractivity contribution >= 4 is 44.2 Å². The monoisotopic (exact) mass is 371 g/mol. The van der Waals surface area contributed by atoms with Gasteiger partial charge in [-0.15, -0.1) is 0 Å². The minimum Gasteiger partial charge on any atom is -0.279 e. The van der Waals surface area contributed by atoms with Gasteiger partial charge in [0.15, 0.2) is 0 Å². The van der Waals surface area contributed by atoms with Gasteiger partial charge in [0.2, 0.25) is 5.24 Å². The van der Waals surface area contributed by atoms with Gasteiger partial charge in [-0.3, -0.25) is 9.10 Å². The van der Waals surface area contributed by atoms with Crippen molar-refractivity contribution in [1.82, 2.24) is 0 Å². The highest BCUT2D eigenvalue weighted by Gasteiger charge is 2.32. The Morgan fingerprint density at radius 1 is 1.13 bits per heavy atom. The number of nitrogens with zero attached hydrogens (tertiary/aromatic N) is 1. The number of hydrogen-bond donors (Lipinski definition) is 0. The topological polar surface area (TPSA) is 54.5 Å². The zero-order valence-electron chi connectivity index (χ0n) is 12.5. The molecule has 0 radical (unpaired) electrons. The van der Waals surface area contributed by atoms with Crippen molar-refractivity contribution in [1.29, 1.82) is 0 Å². The summed E-state index contributed by atoms with van der Waals surface area (Å²) in [4.78, 5) is 11.7. The Morgan fingerprint density at radius 2 is 1.74 bits per heavy atom. The number of rotatable bonds is 5. The maximum atomic E-state index is 13.0. The first kappa shape index (κ1) is 17.8. The van der Waals surface area contributed by atoms with E-state index in [0.717, 1.165) is 4.31 Å². The molecule has 0 saturated carbocycles. The summed E-state index contributed by atoms with van der Waals surface area (Å²) in [6, 6.07) is 11.6. The molecule has 7 heteroatoms. The summed E-state index contributed by atoms with van der Waals surface area (Å²) in [5, 5.41) is -0.257. The average Bonchev–Trinajstić information content (AvgIpc) is 2.51. The van der Waals surface area contributed by atoms with Gasteiger partial charge in [0, 0.05) is 5.02 Å². The molecular weight excluding hydrogens is 357 g/mol. The minimum absolute atomic E-state index is 0.0809. The van der Waals surface area contributed by atoms with Crippen molar-refractivity contribution in [2.45, 2.75) is 24.8 Å². The highest BCUT2D eigenvalue weighted by atomic mass is 35.5. The van der Waals surface area contributed by atoms with Crippen LogP contribution in [0.15, 0.2) is 53.4 Å². The van der Waals surface area contributed by atoms with Crippen molar-refractivity contribution in [3.8, 4) is 0 Å². The maximum Gasteiger partial charge on any atom is 0.265 e. The molecule has 0 aliphatic heterocycles. The fraction of sp³-hybridized carbons (Fsp3) is 0.188. The van der Waals surface area contributed by atoms with Crippen LogP contribution in [0.4, 0.5) is 5.69 Å². The summed E-state index contributed by atoms with van der Waals surface area (Å²) < 4.78 is 26.9. The lowest BCUT2D eigenvalue weighted by atomic mass is 10.2. The van der Waals surface area contributed by atoms with E-state index in [2.05, 4.69) is 0 Å². The minimum atomic E-state index is -3.94. The van der Waals surface area contributed by atoms with Crippen LogP contribution in [0, 0.1) is 6.92 Å². The molecule has 0 aliphatic rings. The third-order valence-electron chi connectivity index (χ3n) is 3.38. The number of halogens is 2. The van der Waals surface area contributed by atoms with Gasteiger partial charge >= 0.3 is 0 Å². The van der Waals surface area contributed by atoms with Gasteiger partial charge in [0.25, 0.3) is 10.0 Å². The lowest BCUT2D eigenvalue weighted by Crippen LogP contribution is -2.42. The van der Waals surface area contributed by atoms with Gasteiger partial charge < -0.3 is 0 Å². The third-order valence-corrected chi connectivity index (χ3v) is 6.03. The second kappa shape index (κ2) is 6.91. The van der Waals surface area contributed by atoms with Crippen molar-refractivity contribution < 1.29 is 13.2 Å². The van der Waals surface area contributed by atoms with Crippen LogP contribution in [0.3, 0.4) is 0 Å². The Bertz CT molecular complexity index is 822. The molecule has 4 nitrogen and oxygen atoms in total. The molecule has 0 amide bonds. The molecule has 2 aromatic carbocycles. The van der Waals surface area contributed by atoms with Crippen LogP contribution in [0.5, 0.6) is 0 Å². The van der Waals surface area contributed by atoms with Gasteiger partial charge in [-0.2, -0.15) is 0 Å². The molecule has 23 heavy (non-hydrogen) atoms. The van der Waals surface area contributed by atoms with E-state index in [1.165, 1.54) is 19.1 Å². The van der Waals surface area contributed by atoms with Crippen LogP contribution in [0.2, 0.25) is 5.02 Å². The largest absolute Gasteiger partial charge is 0.279 e. The molecular formula is C16H15Cl2NO3S. The predicted octanol–water partition coefficient (Wildman–Crippen LogP) is 4.00. The average molecular weight is 372 g/mol. The van der Waals surface area contributed by atoms with Crippen LogP contribution in [0.25, 0.3) is 0 Å². The molecule has 0 N–H and O–H groups in total. The van der Waals surface area contributed by atoms with Crippen molar-refractivity contribution in [2.75, 3.05) is 4.31 Å². The molecule has 0 fully saturated rings. The van der Waals surface area contributed by atoms with E-state index in [9.17, 15) is 13.2 Å². The van der Waals surface area contributed by atoms with Gasteiger partial charge in [-0.25, -0.2) is 8.42 Å². The molecule has 0 heterocycles. The van der Waals surface area contributed by atoms with Gasteiger partial charge in [-0.1, -0.05) is 29.8 Å². The van der Waals surface area contributed by atoms with Crippen molar-refractivity contribution in [2.24, 2.45) is 0 Å². The summed E-state index contributed by atoms with van der Waals surface area (Å²) in [5.74, 6) is 0. The molecule has 2 aromatic rings. The SMILES string of the molecule is Cc1cc(N(C(C)C(=O)Cl)S(=O)(=O)c2ccccc2)ccc1Cl. The number of aryl methyl sites for hydroxylation is 1. The molecule has 0 bridgehead atoms. The standard InChI is InChI=1S/C16H15Cl2NO3S/c1-11-10-13(8-9-15(11)17)19(12(2)16(18)20)23(21,22)14-6-4-3-5-7-14/h3-10,12H,1-2H3. The number of benzene rings is 2. The van der Waals surface area contributed by atoms with E-state index >= 15 is 0 Å². The highest BCUT2D eigenvalue weighted by molar-refractivity contribution is 7.93. The van der Waals surface area contributed by atoms with Gasteiger partial charge in [0.05, 0.1) is 10.6 Å². The number of carbonyl (C=O) groups excluding carboxylic acids is 1. The molecule has 1 atom stereocenters. The normalized spacial score (nSPS) is 12.7. The fourth-order valence-electron chi connectivity index (χ4n) is 2.13. The first-order chi connectivity index (χ1) is 10.7. The molecule has 0 saturated heterocycles. The Balaban J connectivity index is 2.63. The van der Waals surface area contributed by atoms with E-state index in [1.54, 1.807) is 43.3 Å². The van der Waals surface area contributed by atoms with E-state index in [4.69, 9.17) is 23.2 Å². The Kier molecular flexibility index (Phi) is 5.34. The first-order valence-corrected chi connectivity index (χ1v) is 8.99. The van der Waals surface area contributed by atoms with Crippen LogP contribution in [-0.2, 0) is 14.8 Å². The smallest absolute Gasteiger partial charge is 0.265 e. The third kappa shape index (κ3) is 3.68. The van der Waals surface area contributed by atoms with Crippen LogP contribution in [-0.4, -0.2) is 19.7 Å². The molecule has 0 aliphatic carbocycles. The van der Waals surface area contributed by atoms with E-state index in [1.807, 2.05) is 0 Å². The summed E-state index contributed by atoms with van der Waals surface area (Å²) >= 11 is 11.6. The van der Waals surface area contributed by atoms with Crippen LogP contribution >= 0.6 is 23.2 Å². The van der Waals surface area contributed by atoms with E-state index < -0.39 is 21.3 Å². The van der Waals surface area contributed by atoms with Crippen molar-refractivity contribution in [3.63, 3.8) is 0 Å². The molecule has 1 unspecified atom stereocenters. The van der Waals surface area contributed by atoms with Gasteiger partial charge in [0.1, 0.15) is 6.04 Å². The summed E-state index contributed by atoms with van der Waals surface area (Å²) in [6.07, 6.45) is 0. The van der Waals surface area contributed by atoms with Crippen LogP contribution < -0.4 is 4.31 Å². The molecule has 122 valence electrons. The summed E-state index contributed by atoms with van der Waals surface area (Å²) in [7, 11) is -3.94. The quantitative estimate of drug-likeness (QED) is 0.746. The second-order valence-electron chi connectivity index (χ2n) is 5.03. The van der Waals surface area contributed by atoms with Crippen LogP contribution in [0.1, 0.15) is 12.5 Å². The Hall–Kier alpha value is -1.56. The lowest BCUT2D eigenvalue weighted by molar-refractivity contribution is -0.112. The fourth-order valence-corrected chi connectivity index (χ4v) is 4.04. The number of anilines is 1. The number of hydrogen-bond acceptors (Lipinski definition) is 3. The Labute approximate surface area is 145 Å². The van der Waals surface area contributed by atoms with E-state index in [-0.39, 0.29) is 4.90 Å². The molecule has 2 rings (SSSR count). The second-order valence-corrected chi connectivity index (χ2v) is 7.62. The molecule has 0 aromatic heterocycles. The zero-order chi connectivity index (χ0) is 17.2. The number of sulfonamides is 1. The zero-order valence-corrected chi connectivity index (χ0v) is 14.9. The number of carbonyl (C=O) groups is 1. The van der Waals surface area contributed by atoms with E-state index in [0.29, 0.717) is 16.3 Å².